The van der Waals surface area contributed by atoms with Crippen LogP contribution in [0.5, 0.6) is 0 Å². The minimum Gasteiger partial charge on any atom is -0.287 e. The molecule has 18 heavy (non-hydrogen) atoms. The van der Waals surface area contributed by atoms with E-state index >= 15 is 0 Å². The van der Waals surface area contributed by atoms with Crippen molar-refractivity contribution in [3.05, 3.63) is 50.9 Å². The van der Waals surface area contributed by atoms with Gasteiger partial charge in [-0.2, -0.15) is 10.2 Å². The van der Waals surface area contributed by atoms with Crippen molar-refractivity contribution in [2.24, 2.45) is 0 Å². The van der Waals surface area contributed by atoms with Crippen LogP contribution in [0.25, 0.3) is 16.7 Å². The standard InChI is InChI=1S/C12H9BrN4O/c1-7-11-10(18)6-14-15-12(11)17(16-7)9-4-2-3-8(13)5-9/h2-6H,1H3,(H,15,18). The van der Waals surface area contributed by atoms with E-state index in [1.165, 1.54) is 6.20 Å². The molecule has 6 heteroatoms. The van der Waals surface area contributed by atoms with E-state index in [4.69, 9.17) is 0 Å². The first-order valence-corrected chi connectivity index (χ1v) is 6.15. The van der Waals surface area contributed by atoms with Crippen LogP contribution in [0.2, 0.25) is 0 Å². The molecule has 0 atom stereocenters. The van der Waals surface area contributed by atoms with E-state index < -0.39 is 0 Å². The molecule has 3 aromatic rings. The quantitative estimate of drug-likeness (QED) is 0.749. The average Bonchev–Trinajstić information content (AvgIpc) is 2.68. The largest absolute Gasteiger partial charge is 0.287 e. The molecule has 3 rings (SSSR count). The number of halogens is 1. The van der Waals surface area contributed by atoms with Gasteiger partial charge in [0, 0.05) is 4.47 Å². The van der Waals surface area contributed by atoms with Crippen molar-refractivity contribution in [2.45, 2.75) is 6.92 Å². The highest BCUT2D eigenvalue weighted by Gasteiger charge is 2.12. The normalized spacial score (nSPS) is 11.0. The number of nitrogens with one attached hydrogen (secondary N) is 1. The lowest BCUT2D eigenvalue weighted by Crippen LogP contribution is -2.04. The minimum atomic E-state index is -0.123. The van der Waals surface area contributed by atoms with Gasteiger partial charge in [0.05, 0.1) is 23.0 Å². The van der Waals surface area contributed by atoms with Crippen LogP contribution in [0, 0.1) is 6.92 Å². The van der Waals surface area contributed by atoms with Crippen molar-refractivity contribution in [3.8, 4) is 5.69 Å². The number of benzene rings is 1. The zero-order valence-corrected chi connectivity index (χ0v) is 11.1. The molecular formula is C12H9BrN4O. The molecule has 0 unspecified atom stereocenters. The van der Waals surface area contributed by atoms with Gasteiger partial charge < -0.3 is 0 Å². The first-order valence-electron chi connectivity index (χ1n) is 5.36. The fourth-order valence-electron chi connectivity index (χ4n) is 1.94. The van der Waals surface area contributed by atoms with Gasteiger partial charge in [0.2, 0.25) is 5.43 Å². The molecule has 2 aromatic heterocycles. The Kier molecular flexibility index (Phi) is 2.52. The van der Waals surface area contributed by atoms with Crippen molar-refractivity contribution >= 4 is 27.0 Å². The molecule has 0 radical (unpaired) electrons. The van der Waals surface area contributed by atoms with E-state index in [1.54, 1.807) is 4.68 Å². The van der Waals surface area contributed by atoms with Gasteiger partial charge in [-0.3, -0.25) is 9.89 Å². The lowest BCUT2D eigenvalue weighted by molar-refractivity contribution is 0.863. The molecule has 5 nitrogen and oxygen atoms in total. The maximum atomic E-state index is 11.8. The van der Waals surface area contributed by atoms with E-state index in [2.05, 4.69) is 31.2 Å². The first-order chi connectivity index (χ1) is 8.66. The van der Waals surface area contributed by atoms with Crippen LogP contribution in [0.15, 0.2) is 39.7 Å². The van der Waals surface area contributed by atoms with Crippen molar-refractivity contribution < 1.29 is 0 Å². The number of aromatic amines is 1. The monoisotopic (exact) mass is 304 g/mol. The molecule has 1 aromatic carbocycles. The van der Waals surface area contributed by atoms with Crippen molar-refractivity contribution in [1.29, 1.82) is 0 Å². The third kappa shape index (κ3) is 1.65. The summed E-state index contributed by atoms with van der Waals surface area (Å²) in [4.78, 5) is 11.8. The highest BCUT2D eigenvalue weighted by atomic mass is 79.9. The smallest absolute Gasteiger partial charge is 0.211 e. The second-order valence-corrected chi connectivity index (χ2v) is 4.85. The molecule has 2 heterocycles. The maximum Gasteiger partial charge on any atom is 0.211 e. The second-order valence-electron chi connectivity index (χ2n) is 3.93. The molecule has 0 spiro atoms. The van der Waals surface area contributed by atoms with Crippen LogP contribution < -0.4 is 5.43 Å². The number of rotatable bonds is 1. The molecule has 90 valence electrons. The highest BCUT2D eigenvalue weighted by molar-refractivity contribution is 9.10. The van der Waals surface area contributed by atoms with E-state index in [-0.39, 0.29) is 5.43 Å². The Labute approximate surface area is 111 Å². The van der Waals surface area contributed by atoms with Crippen LogP contribution in [-0.4, -0.2) is 20.0 Å². The lowest BCUT2D eigenvalue weighted by Gasteiger charge is -2.02. The Hall–Kier alpha value is -1.95. The number of hydrogen-bond acceptors (Lipinski definition) is 3. The summed E-state index contributed by atoms with van der Waals surface area (Å²) in [7, 11) is 0. The molecule has 0 aliphatic carbocycles. The van der Waals surface area contributed by atoms with Gasteiger partial charge in [0.1, 0.15) is 0 Å². The van der Waals surface area contributed by atoms with Gasteiger partial charge in [0.15, 0.2) is 5.65 Å². The first kappa shape index (κ1) is 11.2. The Morgan fingerprint density at radius 3 is 3.00 bits per heavy atom. The van der Waals surface area contributed by atoms with Gasteiger partial charge in [-0.05, 0) is 25.1 Å². The Morgan fingerprint density at radius 2 is 2.22 bits per heavy atom. The zero-order valence-electron chi connectivity index (χ0n) is 9.51. The van der Waals surface area contributed by atoms with E-state index in [1.807, 2.05) is 31.2 Å². The van der Waals surface area contributed by atoms with Crippen molar-refractivity contribution in [3.63, 3.8) is 0 Å². The fourth-order valence-corrected chi connectivity index (χ4v) is 2.32. The van der Waals surface area contributed by atoms with Crippen LogP contribution in [0.3, 0.4) is 0 Å². The van der Waals surface area contributed by atoms with Crippen LogP contribution in [0.1, 0.15) is 5.69 Å². The summed E-state index contributed by atoms with van der Waals surface area (Å²) in [6, 6.07) is 7.69. The summed E-state index contributed by atoms with van der Waals surface area (Å²) in [5.41, 5.74) is 2.04. The topological polar surface area (TPSA) is 63.6 Å². The lowest BCUT2D eigenvalue weighted by atomic mass is 10.3. The summed E-state index contributed by atoms with van der Waals surface area (Å²) >= 11 is 3.42. The Bertz CT molecular complexity index is 790. The third-order valence-corrected chi connectivity index (χ3v) is 3.21. The summed E-state index contributed by atoms with van der Waals surface area (Å²) in [6.07, 6.45) is 1.27. The molecule has 0 bridgehead atoms. The molecule has 0 aliphatic heterocycles. The average molecular weight is 305 g/mol. The number of H-pyrrole nitrogens is 1. The molecular weight excluding hydrogens is 296 g/mol. The minimum absolute atomic E-state index is 0.123. The number of aryl methyl sites for hydroxylation is 1. The predicted octanol–water partition coefficient (Wildman–Crippen LogP) is 2.18. The number of nitrogens with zero attached hydrogens (tertiary/aromatic N) is 3. The summed E-state index contributed by atoms with van der Waals surface area (Å²) in [5, 5.41) is 11.6. The van der Waals surface area contributed by atoms with Crippen LogP contribution >= 0.6 is 15.9 Å². The zero-order chi connectivity index (χ0) is 12.7. The molecule has 0 saturated heterocycles. The van der Waals surface area contributed by atoms with E-state index in [9.17, 15) is 4.79 Å². The molecule has 1 N–H and O–H groups in total. The molecule has 0 fully saturated rings. The number of hydrogen-bond donors (Lipinski definition) is 1. The van der Waals surface area contributed by atoms with Crippen LogP contribution in [-0.2, 0) is 0 Å². The summed E-state index contributed by atoms with van der Waals surface area (Å²) in [6.45, 7) is 1.81. The molecule has 0 saturated carbocycles. The van der Waals surface area contributed by atoms with Crippen molar-refractivity contribution in [1.82, 2.24) is 20.0 Å². The number of aromatic nitrogens is 4. The second kappa shape index (κ2) is 4.06. The Balaban J connectivity index is 2.38. The molecule has 0 aliphatic rings. The Morgan fingerprint density at radius 1 is 1.39 bits per heavy atom. The fraction of sp³-hybridized carbons (Fsp3) is 0.0833. The van der Waals surface area contributed by atoms with Gasteiger partial charge in [-0.1, -0.05) is 22.0 Å². The van der Waals surface area contributed by atoms with E-state index in [0.29, 0.717) is 16.7 Å². The predicted molar refractivity (Wildman–Crippen MR) is 71.9 cm³/mol. The summed E-state index contributed by atoms with van der Waals surface area (Å²) < 4.78 is 2.64. The SMILES string of the molecule is Cc1nn(-c2cccc(Br)c2)c2[nH]ncc(=O)c12. The van der Waals surface area contributed by atoms with Gasteiger partial charge >= 0.3 is 0 Å². The van der Waals surface area contributed by atoms with Gasteiger partial charge in [-0.25, -0.2) is 4.68 Å². The highest BCUT2D eigenvalue weighted by Crippen LogP contribution is 2.19. The van der Waals surface area contributed by atoms with Gasteiger partial charge in [0.25, 0.3) is 0 Å². The van der Waals surface area contributed by atoms with E-state index in [0.717, 1.165) is 10.2 Å². The summed E-state index contributed by atoms with van der Waals surface area (Å²) in [5.74, 6) is 0. The molecule has 0 amide bonds. The maximum absolute atomic E-state index is 11.8. The number of fused-ring (bicyclic) bond motifs is 1. The van der Waals surface area contributed by atoms with Crippen LogP contribution in [0.4, 0.5) is 0 Å². The third-order valence-electron chi connectivity index (χ3n) is 2.71. The van der Waals surface area contributed by atoms with Gasteiger partial charge in [-0.15, -0.1) is 0 Å². The van der Waals surface area contributed by atoms with Crippen molar-refractivity contribution in [2.75, 3.05) is 0 Å².